The highest BCUT2D eigenvalue weighted by Crippen LogP contribution is 2.33. The van der Waals surface area contributed by atoms with Gasteiger partial charge in [0.25, 0.3) is 0 Å². The number of aromatic nitrogens is 3. The number of halogens is 1. The lowest BCUT2D eigenvalue weighted by molar-refractivity contribution is 0.0602. The molecule has 0 saturated carbocycles. The molecule has 2 heterocycles. The molecule has 0 bridgehead atoms. The molecule has 1 atom stereocenters. The lowest BCUT2D eigenvalue weighted by Crippen LogP contribution is -2.14. The van der Waals surface area contributed by atoms with E-state index in [0.29, 0.717) is 22.3 Å². The topological polar surface area (TPSA) is 68.5 Å². The zero-order valence-electron chi connectivity index (χ0n) is 14.9. The van der Waals surface area contributed by atoms with Gasteiger partial charge in [-0.3, -0.25) is 0 Å². The second-order valence-corrected chi connectivity index (χ2v) is 6.73. The summed E-state index contributed by atoms with van der Waals surface area (Å²) in [6, 6.07) is 0. The van der Waals surface area contributed by atoms with Crippen LogP contribution in [-0.4, -0.2) is 34.2 Å². The number of anilines is 1. The first-order valence-corrected chi connectivity index (χ1v) is 8.67. The first-order chi connectivity index (χ1) is 11.4. The Morgan fingerprint density at radius 3 is 2.71 bits per heavy atom. The fourth-order valence-electron chi connectivity index (χ4n) is 2.52. The monoisotopic (exact) mass is 352 g/mol. The molecule has 0 fully saturated rings. The summed E-state index contributed by atoms with van der Waals surface area (Å²) >= 11 is 6.46. The number of carbonyl (C=O) groups is 1. The fourth-order valence-corrected chi connectivity index (χ4v) is 2.88. The van der Waals surface area contributed by atoms with Crippen molar-refractivity contribution in [2.45, 2.75) is 46.5 Å². The zero-order chi connectivity index (χ0) is 17.9. The molecular formula is C17H25ClN4O2. The van der Waals surface area contributed by atoms with Crippen LogP contribution >= 0.6 is 11.6 Å². The lowest BCUT2D eigenvalue weighted by atomic mass is 10.0. The molecule has 2 aromatic heterocycles. The first-order valence-electron chi connectivity index (χ1n) is 8.29. The number of ether oxygens (including phenoxy) is 1. The van der Waals surface area contributed by atoms with Crippen LogP contribution in [0, 0.1) is 5.92 Å². The summed E-state index contributed by atoms with van der Waals surface area (Å²) in [5.74, 6) is 1.13. The van der Waals surface area contributed by atoms with Gasteiger partial charge in [0.2, 0.25) is 0 Å². The van der Waals surface area contributed by atoms with Gasteiger partial charge in [-0.15, -0.1) is 0 Å². The summed E-state index contributed by atoms with van der Waals surface area (Å²) in [7, 11) is 1.34. The summed E-state index contributed by atoms with van der Waals surface area (Å²) < 4.78 is 6.45. The van der Waals surface area contributed by atoms with Crippen LogP contribution in [0.1, 0.15) is 62.4 Å². The van der Waals surface area contributed by atoms with E-state index in [1.807, 2.05) is 0 Å². The van der Waals surface area contributed by atoms with E-state index in [1.54, 1.807) is 4.52 Å². The summed E-state index contributed by atoms with van der Waals surface area (Å²) in [5, 5.41) is 8.17. The minimum absolute atomic E-state index is 0.224. The number of carbonyl (C=O) groups excluding carboxylic acids is 1. The Morgan fingerprint density at radius 1 is 1.42 bits per heavy atom. The van der Waals surface area contributed by atoms with Gasteiger partial charge in [-0.05, 0) is 24.7 Å². The number of hydrogen-bond acceptors (Lipinski definition) is 5. The molecule has 0 amide bonds. The predicted molar refractivity (Wildman–Crippen MR) is 96.0 cm³/mol. The maximum atomic E-state index is 11.9. The van der Waals surface area contributed by atoms with Crippen LogP contribution in [0.15, 0.2) is 6.20 Å². The number of nitrogens with one attached hydrogen (secondary N) is 1. The summed E-state index contributed by atoms with van der Waals surface area (Å²) in [4.78, 5) is 16.3. The van der Waals surface area contributed by atoms with Crippen molar-refractivity contribution in [1.29, 1.82) is 0 Å². The molecule has 0 aromatic carbocycles. The van der Waals surface area contributed by atoms with Gasteiger partial charge in [0.1, 0.15) is 16.5 Å². The van der Waals surface area contributed by atoms with Gasteiger partial charge < -0.3 is 10.1 Å². The highest BCUT2D eigenvalue weighted by molar-refractivity contribution is 6.30. The average Bonchev–Trinajstić information content (AvgIpc) is 2.96. The van der Waals surface area contributed by atoms with Crippen molar-refractivity contribution in [3.05, 3.63) is 22.5 Å². The lowest BCUT2D eigenvalue weighted by Gasteiger charge is -2.19. The third-order valence-corrected chi connectivity index (χ3v) is 4.45. The van der Waals surface area contributed by atoms with E-state index in [-0.39, 0.29) is 5.92 Å². The average molecular weight is 353 g/mol. The second kappa shape index (κ2) is 7.83. The number of rotatable bonds is 7. The van der Waals surface area contributed by atoms with Gasteiger partial charge in [-0.2, -0.15) is 9.61 Å². The quantitative estimate of drug-likeness (QED) is 0.599. The number of nitrogens with zero attached hydrogens (tertiary/aromatic N) is 3. The molecule has 2 rings (SSSR count). The molecule has 0 aliphatic carbocycles. The molecule has 0 aliphatic rings. The Morgan fingerprint density at radius 2 is 2.12 bits per heavy atom. The maximum absolute atomic E-state index is 11.9. The van der Waals surface area contributed by atoms with Gasteiger partial charge in [-0.25, -0.2) is 9.78 Å². The van der Waals surface area contributed by atoms with E-state index in [1.165, 1.54) is 13.3 Å². The Hall–Kier alpha value is -1.82. The number of methoxy groups -OCH3 is 1. The molecule has 1 unspecified atom stereocenters. The van der Waals surface area contributed by atoms with Gasteiger partial charge in [0.05, 0.1) is 13.3 Å². The van der Waals surface area contributed by atoms with E-state index >= 15 is 0 Å². The molecule has 0 spiro atoms. The predicted octanol–water partition coefficient (Wildman–Crippen LogP) is 4.14. The SMILES string of the molecule is CCC(C)c1c(Cl)nc2c(C(=O)OC)cnn2c1NCCC(C)C. The molecule has 132 valence electrons. The van der Waals surface area contributed by atoms with Gasteiger partial charge in [-0.1, -0.05) is 39.3 Å². The van der Waals surface area contributed by atoms with Crippen molar-refractivity contribution in [3.63, 3.8) is 0 Å². The highest BCUT2D eigenvalue weighted by Gasteiger charge is 2.23. The fraction of sp³-hybridized carbons (Fsp3) is 0.588. The molecular weight excluding hydrogens is 328 g/mol. The van der Waals surface area contributed by atoms with Crippen molar-refractivity contribution >= 4 is 29.0 Å². The van der Waals surface area contributed by atoms with E-state index in [9.17, 15) is 4.79 Å². The van der Waals surface area contributed by atoms with Crippen LogP contribution in [0.2, 0.25) is 5.15 Å². The largest absolute Gasteiger partial charge is 0.465 e. The third kappa shape index (κ3) is 3.64. The second-order valence-electron chi connectivity index (χ2n) is 6.37. The highest BCUT2D eigenvalue weighted by atomic mass is 35.5. The van der Waals surface area contributed by atoms with Crippen molar-refractivity contribution in [2.24, 2.45) is 5.92 Å². The summed E-state index contributed by atoms with van der Waals surface area (Å²) in [5.41, 5.74) is 1.64. The van der Waals surface area contributed by atoms with Crippen LogP contribution in [0.4, 0.5) is 5.82 Å². The smallest absolute Gasteiger partial charge is 0.343 e. The third-order valence-electron chi connectivity index (χ3n) is 4.16. The standard InChI is InChI=1S/C17H25ClN4O2/c1-6-11(4)13-14(18)21-15-12(17(23)24-5)9-20-22(15)16(13)19-8-7-10(2)3/h9-11,19H,6-8H2,1-5H3. The Bertz CT molecular complexity index is 727. The van der Waals surface area contributed by atoms with Crippen molar-refractivity contribution in [2.75, 3.05) is 19.0 Å². The Labute approximate surface area is 147 Å². The number of fused-ring (bicyclic) bond motifs is 1. The number of hydrogen-bond donors (Lipinski definition) is 1. The van der Waals surface area contributed by atoms with Crippen molar-refractivity contribution < 1.29 is 9.53 Å². The van der Waals surface area contributed by atoms with Crippen LogP contribution in [0.5, 0.6) is 0 Å². The molecule has 0 radical (unpaired) electrons. The summed E-state index contributed by atoms with van der Waals surface area (Å²) in [6.45, 7) is 9.36. The van der Waals surface area contributed by atoms with Crippen molar-refractivity contribution in [3.8, 4) is 0 Å². The van der Waals surface area contributed by atoms with E-state index in [0.717, 1.165) is 30.8 Å². The molecule has 6 nitrogen and oxygen atoms in total. The van der Waals surface area contributed by atoms with Gasteiger partial charge in [0.15, 0.2) is 5.65 Å². The molecule has 0 aliphatic heterocycles. The molecule has 0 saturated heterocycles. The number of esters is 1. The van der Waals surface area contributed by atoms with Gasteiger partial charge in [0, 0.05) is 12.1 Å². The molecule has 7 heteroatoms. The Balaban J connectivity index is 2.58. The maximum Gasteiger partial charge on any atom is 0.343 e. The zero-order valence-corrected chi connectivity index (χ0v) is 15.6. The van der Waals surface area contributed by atoms with Crippen LogP contribution in [0.25, 0.3) is 5.65 Å². The normalized spacial score (nSPS) is 12.6. The molecule has 2 aromatic rings. The van der Waals surface area contributed by atoms with E-state index in [4.69, 9.17) is 16.3 Å². The van der Waals surface area contributed by atoms with Crippen molar-refractivity contribution in [1.82, 2.24) is 14.6 Å². The van der Waals surface area contributed by atoms with Crippen LogP contribution < -0.4 is 5.32 Å². The minimum Gasteiger partial charge on any atom is -0.465 e. The summed E-state index contributed by atoms with van der Waals surface area (Å²) in [6.07, 6.45) is 3.42. The van der Waals surface area contributed by atoms with Gasteiger partial charge >= 0.3 is 5.97 Å². The molecule has 1 N–H and O–H groups in total. The van der Waals surface area contributed by atoms with Crippen LogP contribution in [-0.2, 0) is 4.74 Å². The van der Waals surface area contributed by atoms with E-state index < -0.39 is 5.97 Å². The Kier molecular flexibility index (Phi) is 6.04. The minimum atomic E-state index is -0.474. The van der Waals surface area contributed by atoms with Crippen LogP contribution in [0.3, 0.4) is 0 Å². The molecule has 24 heavy (non-hydrogen) atoms. The first kappa shape index (κ1) is 18.5. The van der Waals surface area contributed by atoms with E-state index in [2.05, 4.69) is 43.1 Å².